The highest BCUT2D eigenvalue weighted by atomic mass is 35.5. The predicted octanol–water partition coefficient (Wildman–Crippen LogP) is 4.98. The van der Waals surface area contributed by atoms with Gasteiger partial charge in [0, 0.05) is 23.8 Å². The van der Waals surface area contributed by atoms with E-state index in [2.05, 4.69) is 10.2 Å². The van der Waals surface area contributed by atoms with Crippen LogP contribution in [0.5, 0.6) is 0 Å². The topological polar surface area (TPSA) is 32.3 Å². The zero-order chi connectivity index (χ0) is 17.8. The normalized spacial score (nSPS) is 18.1. The number of benzene rings is 2. The number of nitrogens with zero attached hydrogens (tertiary/aromatic N) is 1. The monoisotopic (exact) mass is 380 g/mol. The van der Waals surface area contributed by atoms with Gasteiger partial charge in [-0.15, -0.1) is 0 Å². The van der Waals surface area contributed by atoms with Crippen LogP contribution in [-0.2, 0) is 11.3 Å². The number of hydrogen-bond acceptors (Lipinski definition) is 2. The van der Waals surface area contributed by atoms with Crippen LogP contribution in [0.2, 0.25) is 10.0 Å². The Labute approximate surface area is 156 Å². The van der Waals surface area contributed by atoms with Gasteiger partial charge < -0.3 is 5.32 Å². The zero-order valence-electron chi connectivity index (χ0n) is 13.6. The summed E-state index contributed by atoms with van der Waals surface area (Å²) < 4.78 is 13.2. The van der Waals surface area contributed by atoms with Gasteiger partial charge in [-0.2, -0.15) is 0 Å². The molecule has 3 rings (SSSR count). The summed E-state index contributed by atoms with van der Waals surface area (Å²) in [6.45, 7) is 2.34. The molecule has 2 aromatic carbocycles. The SMILES string of the molecule is O=C(Nc1ccc(F)c(Cl)c1)[C@@H]1CCCN(Cc2ccccc2Cl)C1. The molecule has 25 heavy (non-hydrogen) atoms. The van der Waals surface area contributed by atoms with Gasteiger partial charge in [0.2, 0.25) is 5.91 Å². The predicted molar refractivity (Wildman–Crippen MR) is 99.5 cm³/mol. The van der Waals surface area contributed by atoms with Crippen molar-refractivity contribution in [2.24, 2.45) is 5.92 Å². The Morgan fingerprint density at radius 1 is 1.20 bits per heavy atom. The molecule has 1 aliphatic heterocycles. The van der Waals surface area contributed by atoms with Crippen LogP contribution in [0.15, 0.2) is 42.5 Å². The van der Waals surface area contributed by atoms with Crippen molar-refractivity contribution in [3.05, 3.63) is 63.9 Å². The summed E-state index contributed by atoms with van der Waals surface area (Å²) in [4.78, 5) is 14.8. The van der Waals surface area contributed by atoms with Crippen molar-refractivity contribution in [3.63, 3.8) is 0 Å². The summed E-state index contributed by atoms with van der Waals surface area (Å²) in [6.07, 6.45) is 1.78. The van der Waals surface area contributed by atoms with Gasteiger partial charge in [-0.1, -0.05) is 41.4 Å². The van der Waals surface area contributed by atoms with E-state index >= 15 is 0 Å². The minimum absolute atomic E-state index is 0.00166. The van der Waals surface area contributed by atoms with E-state index in [0.29, 0.717) is 12.2 Å². The number of rotatable bonds is 4. The van der Waals surface area contributed by atoms with E-state index in [4.69, 9.17) is 23.2 Å². The summed E-state index contributed by atoms with van der Waals surface area (Å²) >= 11 is 12.0. The lowest BCUT2D eigenvalue weighted by Crippen LogP contribution is -2.40. The molecule has 0 unspecified atom stereocenters. The average molecular weight is 381 g/mol. The first-order chi connectivity index (χ1) is 12.0. The third kappa shape index (κ3) is 4.72. The second-order valence-electron chi connectivity index (χ2n) is 6.28. The van der Waals surface area contributed by atoms with Gasteiger partial charge in [0.15, 0.2) is 0 Å². The summed E-state index contributed by atoms with van der Waals surface area (Å²) in [5.41, 5.74) is 1.58. The second kappa shape index (κ2) is 8.17. The molecule has 1 amide bonds. The van der Waals surface area contributed by atoms with Crippen molar-refractivity contribution in [1.82, 2.24) is 4.90 Å². The molecule has 1 atom stereocenters. The third-order valence-corrected chi connectivity index (χ3v) is 5.07. The Kier molecular flexibility index (Phi) is 5.94. The van der Waals surface area contributed by atoms with Gasteiger partial charge in [0.05, 0.1) is 10.9 Å². The molecule has 2 aromatic rings. The number of piperidine rings is 1. The second-order valence-corrected chi connectivity index (χ2v) is 7.10. The molecule has 1 heterocycles. The maximum Gasteiger partial charge on any atom is 0.228 e. The van der Waals surface area contributed by atoms with Crippen molar-refractivity contribution in [2.45, 2.75) is 19.4 Å². The molecule has 1 aliphatic rings. The number of amides is 1. The Hall–Kier alpha value is -1.62. The van der Waals surface area contributed by atoms with E-state index in [1.54, 1.807) is 0 Å². The minimum atomic E-state index is -0.497. The lowest BCUT2D eigenvalue weighted by molar-refractivity contribution is -0.121. The van der Waals surface area contributed by atoms with Crippen molar-refractivity contribution in [2.75, 3.05) is 18.4 Å². The van der Waals surface area contributed by atoms with Crippen LogP contribution < -0.4 is 5.32 Å². The van der Waals surface area contributed by atoms with Crippen LogP contribution in [0.3, 0.4) is 0 Å². The smallest absolute Gasteiger partial charge is 0.228 e. The van der Waals surface area contributed by atoms with Gasteiger partial charge in [-0.25, -0.2) is 4.39 Å². The fourth-order valence-electron chi connectivity index (χ4n) is 3.10. The first-order valence-corrected chi connectivity index (χ1v) is 9.00. The zero-order valence-corrected chi connectivity index (χ0v) is 15.2. The van der Waals surface area contributed by atoms with Crippen LogP contribution in [0.1, 0.15) is 18.4 Å². The van der Waals surface area contributed by atoms with E-state index < -0.39 is 5.82 Å². The van der Waals surface area contributed by atoms with E-state index in [1.165, 1.54) is 18.2 Å². The molecule has 1 fully saturated rings. The highest BCUT2D eigenvalue weighted by Gasteiger charge is 2.26. The molecule has 0 radical (unpaired) electrons. The molecule has 3 nitrogen and oxygen atoms in total. The van der Waals surface area contributed by atoms with Gasteiger partial charge >= 0.3 is 0 Å². The van der Waals surface area contributed by atoms with Gasteiger partial charge in [0.25, 0.3) is 0 Å². The highest BCUT2D eigenvalue weighted by Crippen LogP contribution is 2.24. The summed E-state index contributed by atoms with van der Waals surface area (Å²) in [6, 6.07) is 12.0. The standard InChI is InChI=1S/C19H19Cl2FN2O/c20-16-6-2-1-4-13(16)11-24-9-3-5-14(12-24)19(25)23-15-7-8-18(22)17(21)10-15/h1-2,4,6-8,10,14H,3,5,9,11-12H2,(H,23,25)/t14-/m1/s1. The van der Waals surface area contributed by atoms with Crippen LogP contribution in [0.4, 0.5) is 10.1 Å². The number of carbonyl (C=O) groups excluding carboxylic acids is 1. The van der Waals surface area contributed by atoms with E-state index in [9.17, 15) is 9.18 Å². The summed E-state index contributed by atoms with van der Waals surface area (Å²) in [5.74, 6) is -0.671. The van der Waals surface area contributed by atoms with Gasteiger partial charge in [0.1, 0.15) is 5.82 Å². The Bertz CT molecular complexity index is 769. The maximum absolute atomic E-state index is 13.2. The van der Waals surface area contributed by atoms with Crippen LogP contribution in [-0.4, -0.2) is 23.9 Å². The summed E-state index contributed by atoms with van der Waals surface area (Å²) in [7, 11) is 0. The van der Waals surface area contributed by atoms with Crippen molar-refractivity contribution < 1.29 is 9.18 Å². The fourth-order valence-corrected chi connectivity index (χ4v) is 3.47. The van der Waals surface area contributed by atoms with E-state index in [1.807, 2.05) is 24.3 Å². The number of hydrogen-bond donors (Lipinski definition) is 1. The molecule has 0 aliphatic carbocycles. The number of anilines is 1. The van der Waals surface area contributed by atoms with Gasteiger partial charge in [-0.3, -0.25) is 9.69 Å². The third-order valence-electron chi connectivity index (χ3n) is 4.42. The Balaban J connectivity index is 1.61. The molecule has 6 heteroatoms. The Morgan fingerprint density at radius 3 is 2.76 bits per heavy atom. The molecule has 0 aromatic heterocycles. The number of likely N-dealkylation sites (tertiary alicyclic amines) is 1. The molecule has 1 N–H and O–H groups in total. The van der Waals surface area contributed by atoms with Crippen LogP contribution >= 0.6 is 23.2 Å². The molecular weight excluding hydrogens is 362 g/mol. The van der Waals surface area contributed by atoms with E-state index in [-0.39, 0.29) is 16.8 Å². The molecular formula is C19H19Cl2FN2O. The minimum Gasteiger partial charge on any atom is -0.326 e. The van der Waals surface area contributed by atoms with Crippen molar-refractivity contribution in [1.29, 1.82) is 0 Å². The fraction of sp³-hybridized carbons (Fsp3) is 0.316. The number of nitrogens with one attached hydrogen (secondary N) is 1. The van der Waals surface area contributed by atoms with Crippen molar-refractivity contribution in [3.8, 4) is 0 Å². The first kappa shape index (κ1) is 18.2. The lowest BCUT2D eigenvalue weighted by Gasteiger charge is -2.32. The largest absolute Gasteiger partial charge is 0.326 e. The first-order valence-electron chi connectivity index (χ1n) is 8.24. The highest BCUT2D eigenvalue weighted by molar-refractivity contribution is 6.31. The Morgan fingerprint density at radius 2 is 2.00 bits per heavy atom. The lowest BCUT2D eigenvalue weighted by atomic mass is 9.96. The van der Waals surface area contributed by atoms with Crippen molar-refractivity contribution >= 4 is 34.8 Å². The van der Waals surface area contributed by atoms with Crippen LogP contribution in [0.25, 0.3) is 0 Å². The maximum atomic E-state index is 13.2. The molecule has 132 valence electrons. The molecule has 0 bridgehead atoms. The van der Waals surface area contributed by atoms with Crippen LogP contribution in [0, 0.1) is 11.7 Å². The number of halogens is 3. The number of carbonyl (C=O) groups is 1. The molecule has 0 saturated carbocycles. The molecule has 1 saturated heterocycles. The molecule has 0 spiro atoms. The average Bonchev–Trinajstić information content (AvgIpc) is 2.60. The van der Waals surface area contributed by atoms with Gasteiger partial charge in [-0.05, 0) is 49.2 Å². The van der Waals surface area contributed by atoms with E-state index in [0.717, 1.165) is 36.5 Å². The quantitative estimate of drug-likeness (QED) is 0.810. The summed E-state index contributed by atoms with van der Waals surface area (Å²) in [5, 5.41) is 3.58.